The summed E-state index contributed by atoms with van der Waals surface area (Å²) in [5.41, 5.74) is 0. The second-order valence-electron chi connectivity index (χ2n) is 4.15. The molecule has 5 heteroatoms. The smallest absolute Gasteiger partial charge is 0.140 e. The van der Waals surface area contributed by atoms with Crippen molar-refractivity contribution in [3.05, 3.63) is 12.2 Å². The van der Waals surface area contributed by atoms with Gasteiger partial charge < -0.3 is 10.1 Å². The van der Waals surface area contributed by atoms with E-state index in [-0.39, 0.29) is 0 Å². The summed E-state index contributed by atoms with van der Waals surface area (Å²) >= 11 is 0. The highest BCUT2D eigenvalue weighted by Crippen LogP contribution is 1.96. The molecule has 1 heterocycles. The summed E-state index contributed by atoms with van der Waals surface area (Å²) in [6, 6.07) is 0. The van der Waals surface area contributed by atoms with Crippen LogP contribution in [0.3, 0.4) is 0 Å². The third-order valence-corrected chi connectivity index (χ3v) is 2.13. The summed E-state index contributed by atoms with van der Waals surface area (Å²) in [5, 5.41) is 7.41. The van der Waals surface area contributed by atoms with Crippen LogP contribution in [0.15, 0.2) is 6.33 Å². The molecule has 0 atom stereocenters. The standard InChI is InChI=1S/C11H22N4O/c1-4-12-7-11-13-9-14-15(11)5-6-16-8-10(2)3/h9-10,12H,4-8H2,1-3H3. The molecule has 0 aliphatic heterocycles. The highest BCUT2D eigenvalue weighted by atomic mass is 16.5. The van der Waals surface area contributed by atoms with Gasteiger partial charge in [-0.2, -0.15) is 5.10 Å². The first-order valence-electron chi connectivity index (χ1n) is 5.89. The highest BCUT2D eigenvalue weighted by molar-refractivity contribution is 4.83. The molecule has 1 N–H and O–H groups in total. The first-order chi connectivity index (χ1) is 7.74. The highest BCUT2D eigenvalue weighted by Gasteiger charge is 2.03. The number of hydrogen-bond acceptors (Lipinski definition) is 4. The van der Waals surface area contributed by atoms with Gasteiger partial charge in [-0.3, -0.25) is 0 Å². The molecule has 1 rings (SSSR count). The van der Waals surface area contributed by atoms with Gasteiger partial charge in [0.1, 0.15) is 12.2 Å². The van der Waals surface area contributed by atoms with Crippen molar-refractivity contribution in [1.82, 2.24) is 20.1 Å². The van der Waals surface area contributed by atoms with Crippen molar-refractivity contribution in [2.45, 2.75) is 33.9 Å². The predicted octanol–water partition coefficient (Wildman–Crippen LogP) is 1.06. The van der Waals surface area contributed by atoms with Crippen molar-refractivity contribution in [3.63, 3.8) is 0 Å². The monoisotopic (exact) mass is 226 g/mol. The average Bonchev–Trinajstić information content (AvgIpc) is 2.69. The second-order valence-corrected chi connectivity index (χ2v) is 4.15. The maximum atomic E-state index is 5.52. The van der Waals surface area contributed by atoms with Crippen LogP contribution in [-0.4, -0.2) is 34.5 Å². The molecule has 0 unspecified atom stereocenters. The first kappa shape index (κ1) is 13.1. The Morgan fingerprint density at radius 1 is 1.50 bits per heavy atom. The Balaban J connectivity index is 2.27. The van der Waals surface area contributed by atoms with Crippen molar-refractivity contribution in [3.8, 4) is 0 Å². The number of ether oxygens (including phenoxy) is 1. The molecule has 0 aliphatic carbocycles. The Bertz CT molecular complexity index is 285. The summed E-state index contributed by atoms with van der Waals surface area (Å²) in [6.07, 6.45) is 1.59. The Morgan fingerprint density at radius 3 is 3.00 bits per heavy atom. The minimum Gasteiger partial charge on any atom is -0.379 e. The lowest BCUT2D eigenvalue weighted by Crippen LogP contribution is -2.19. The molecule has 1 aromatic heterocycles. The van der Waals surface area contributed by atoms with Crippen LogP contribution in [-0.2, 0) is 17.8 Å². The maximum Gasteiger partial charge on any atom is 0.140 e. The molecule has 0 fully saturated rings. The van der Waals surface area contributed by atoms with E-state index in [1.54, 1.807) is 6.33 Å². The lowest BCUT2D eigenvalue weighted by molar-refractivity contribution is 0.100. The van der Waals surface area contributed by atoms with Crippen LogP contribution in [0.2, 0.25) is 0 Å². The molecule has 0 aliphatic rings. The van der Waals surface area contributed by atoms with Crippen LogP contribution in [0.4, 0.5) is 0 Å². The third kappa shape index (κ3) is 4.72. The van der Waals surface area contributed by atoms with E-state index in [1.807, 2.05) is 4.68 Å². The molecule has 0 bridgehead atoms. The third-order valence-electron chi connectivity index (χ3n) is 2.13. The first-order valence-corrected chi connectivity index (χ1v) is 5.89. The molecule has 1 aromatic rings. The van der Waals surface area contributed by atoms with E-state index in [9.17, 15) is 0 Å². The fourth-order valence-electron chi connectivity index (χ4n) is 1.32. The van der Waals surface area contributed by atoms with Crippen molar-refractivity contribution in [2.24, 2.45) is 5.92 Å². The summed E-state index contributed by atoms with van der Waals surface area (Å²) in [5.74, 6) is 1.55. The largest absolute Gasteiger partial charge is 0.379 e. The SMILES string of the molecule is CCNCc1ncnn1CCOCC(C)C. The topological polar surface area (TPSA) is 52.0 Å². The van der Waals surface area contributed by atoms with Gasteiger partial charge in [0.05, 0.1) is 19.7 Å². The number of aromatic nitrogens is 3. The maximum absolute atomic E-state index is 5.52. The normalized spacial score (nSPS) is 11.2. The molecule has 92 valence electrons. The molecule has 0 saturated carbocycles. The number of rotatable bonds is 8. The number of nitrogens with one attached hydrogen (secondary N) is 1. The fourth-order valence-corrected chi connectivity index (χ4v) is 1.32. The molecule has 16 heavy (non-hydrogen) atoms. The molecular weight excluding hydrogens is 204 g/mol. The van der Waals surface area contributed by atoms with E-state index in [4.69, 9.17) is 4.74 Å². The van der Waals surface area contributed by atoms with Crippen molar-refractivity contribution < 1.29 is 4.74 Å². The van der Waals surface area contributed by atoms with Gasteiger partial charge in [-0.05, 0) is 12.5 Å². The zero-order valence-electron chi connectivity index (χ0n) is 10.4. The Labute approximate surface area is 97.2 Å². The molecule has 0 aromatic carbocycles. The van der Waals surface area contributed by atoms with Gasteiger partial charge in [0.2, 0.25) is 0 Å². The van der Waals surface area contributed by atoms with Crippen LogP contribution in [0.5, 0.6) is 0 Å². The van der Waals surface area contributed by atoms with Gasteiger partial charge in [-0.25, -0.2) is 9.67 Å². The molecule has 0 saturated heterocycles. The second kappa shape index (κ2) is 7.35. The van der Waals surface area contributed by atoms with Crippen LogP contribution < -0.4 is 5.32 Å². The van der Waals surface area contributed by atoms with Gasteiger partial charge in [0.15, 0.2) is 0 Å². The minimum atomic E-state index is 0.581. The van der Waals surface area contributed by atoms with Crippen LogP contribution in [0, 0.1) is 5.92 Å². The van der Waals surface area contributed by atoms with E-state index < -0.39 is 0 Å². The summed E-state index contributed by atoms with van der Waals surface area (Å²) in [7, 11) is 0. The molecule has 0 radical (unpaired) electrons. The van der Waals surface area contributed by atoms with Gasteiger partial charge in [0.25, 0.3) is 0 Å². The van der Waals surface area contributed by atoms with Gasteiger partial charge in [-0.15, -0.1) is 0 Å². The average molecular weight is 226 g/mol. The lowest BCUT2D eigenvalue weighted by Gasteiger charge is -2.08. The molecule has 0 amide bonds. The van der Waals surface area contributed by atoms with Crippen molar-refractivity contribution >= 4 is 0 Å². The zero-order valence-corrected chi connectivity index (χ0v) is 10.4. The van der Waals surface area contributed by atoms with Crippen LogP contribution in [0.1, 0.15) is 26.6 Å². The number of hydrogen-bond donors (Lipinski definition) is 1. The van der Waals surface area contributed by atoms with Crippen LogP contribution >= 0.6 is 0 Å². The number of nitrogens with zero attached hydrogens (tertiary/aromatic N) is 3. The van der Waals surface area contributed by atoms with E-state index in [2.05, 4.69) is 36.2 Å². The summed E-state index contributed by atoms with van der Waals surface area (Å²) in [6.45, 7) is 10.3. The predicted molar refractivity (Wildman–Crippen MR) is 63.1 cm³/mol. The quantitative estimate of drug-likeness (QED) is 0.673. The lowest BCUT2D eigenvalue weighted by atomic mass is 10.2. The zero-order chi connectivity index (χ0) is 11.8. The molecule has 0 spiro atoms. The molecule has 5 nitrogen and oxygen atoms in total. The van der Waals surface area contributed by atoms with E-state index in [0.717, 1.165) is 32.1 Å². The van der Waals surface area contributed by atoms with Crippen molar-refractivity contribution in [2.75, 3.05) is 19.8 Å². The van der Waals surface area contributed by atoms with Crippen molar-refractivity contribution in [1.29, 1.82) is 0 Å². The Hall–Kier alpha value is -0.940. The van der Waals surface area contributed by atoms with Crippen LogP contribution in [0.25, 0.3) is 0 Å². The summed E-state index contributed by atoms with van der Waals surface area (Å²) in [4.78, 5) is 4.20. The van der Waals surface area contributed by atoms with Gasteiger partial charge >= 0.3 is 0 Å². The Morgan fingerprint density at radius 2 is 2.31 bits per heavy atom. The summed E-state index contributed by atoms with van der Waals surface area (Å²) < 4.78 is 7.41. The van der Waals surface area contributed by atoms with Gasteiger partial charge in [0, 0.05) is 6.61 Å². The van der Waals surface area contributed by atoms with Gasteiger partial charge in [-0.1, -0.05) is 20.8 Å². The molecular formula is C11H22N4O. The fraction of sp³-hybridized carbons (Fsp3) is 0.818. The van der Waals surface area contributed by atoms with E-state index in [0.29, 0.717) is 12.5 Å². The Kier molecular flexibility index (Phi) is 6.03. The van der Waals surface area contributed by atoms with E-state index in [1.165, 1.54) is 0 Å². The minimum absolute atomic E-state index is 0.581. The van der Waals surface area contributed by atoms with E-state index >= 15 is 0 Å².